The van der Waals surface area contributed by atoms with Gasteiger partial charge in [0.25, 0.3) is 0 Å². The zero-order valence-corrected chi connectivity index (χ0v) is 11.4. The van der Waals surface area contributed by atoms with Gasteiger partial charge in [-0.1, -0.05) is 17.8 Å². The summed E-state index contributed by atoms with van der Waals surface area (Å²) in [5, 5.41) is 18.6. The van der Waals surface area contributed by atoms with Crippen molar-refractivity contribution in [1.82, 2.24) is 0 Å². The molecule has 102 valence electrons. The van der Waals surface area contributed by atoms with Gasteiger partial charge in [0.2, 0.25) is 0 Å². The van der Waals surface area contributed by atoms with Crippen LogP contribution in [0.1, 0.15) is 24.2 Å². The van der Waals surface area contributed by atoms with E-state index in [0.29, 0.717) is 16.0 Å². The van der Waals surface area contributed by atoms with E-state index >= 15 is 0 Å². The van der Waals surface area contributed by atoms with Crippen LogP contribution < -0.4 is 0 Å². The maximum absolute atomic E-state index is 13.7. The molecule has 0 heterocycles. The van der Waals surface area contributed by atoms with Crippen LogP contribution in [0.2, 0.25) is 0 Å². The van der Waals surface area contributed by atoms with Crippen molar-refractivity contribution >= 4 is 11.8 Å². The summed E-state index contributed by atoms with van der Waals surface area (Å²) >= 11 is 1.05. The highest BCUT2D eigenvalue weighted by Crippen LogP contribution is 2.35. The van der Waals surface area contributed by atoms with Crippen molar-refractivity contribution in [1.29, 1.82) is 5.26 Å². The first-order valence-electron chi connectivity index (χ1n) is 5.86. The van der Waals surface area contributed by atoms with Crippen LogP contribution in [0.3, 0.4) is 0 Å². The molecular weight excluding hydrogens is 280 g/mol. The molecule has 0 saturated carbocycles. The van der Waals surface area contributed by atoms with Crippen molar-refractivity contribution in [2.24, 2.45) is 0 Å². The molecule has 0 aromatic heterocycles. The molecule has 0 aliphatic rings. The van der Waals surface area contributed by atoms with Gasteiger partial charge in [-0.2, -0.15) is 5.26 Å². The fraction of sp³-hybridized carbons (Fsp3) is 0.133. The Morgan fingerprint density at radius 3 is 2.50 bits per heavy atom. The zero-order chi connectivity index (χ0) is 14.7. The number of rotatable bonds is 3. The first-order valence-corrected chi connectivity index (χ1v) is 6.68. The lowest BCUT2D eigenvalue weighted by Gasteiger charge is -2.12. The van der Waals surface area contributed by atoms with Crippen LogP contribution >= 0.6 is 11.8 Å². The van der Waals surface area contributed by atoms with Gasteiger partial charge in [0.1, 0.15) is 11.6 Å². The maximum atomic E-state index is 13.7. The molecular formula is C15H11F2NOS. The summed E-state index contributed by atoms with van der Waals surface area (Å²) < 4.78 is 26.5. The monoisotopic (exact) mass is 291 g/mol. The molecule has 2 rings (SSSR count). The molecule has 0 aliphatic heterocycles. The molecule has 0 saturated heterocycles. The molecule has 5 heteroatoms. The SMILES string of the molecule is C[C@@H](O)c1ccc(C#N)cc1Sc1ccc(F)cc1F. The summed E-state index contributed by atoms with van der Waals surface area (Å²) in [7, 11) is 0. The van der Waals surface area contributed by atoms with Gasteiger partial charge in [0.05, 0.1) is 17.7 Å². The average Bonchev–Trinajstić information content (AvgIpc) is 2.41. The third-order valence-electron chi connectivity index (χ3n) is 2.71. The summed E-state index contributed by atoms with van der Waals surface area (Å²) in [5.41, 5.74) is 1.01. The van der Waals surface area contributed by atoms with E-state index in [9.17, 15) is 13.9 Å². The van der Waals surface area contributed by atoms with Crippen molar-refractivity contribution < 1.29 is 13.9 Å². The summed E-state index contributed by atoms with van der Waals surface area (Å²) in [5.74, 6) is -1.32. The number of halogens is 2. The van der Waals surface area contributed by atoms with Crippen molar-refractivity contribution in [3.05, 3.63) is 59.2 Å². The predicted molar refractivity (Wildman–Crippen MR) is 72.3 cm³/mol. The molecule has 2 aromatic rings. The third-order valence-corrected chi connectivity index (χ3v) is 3.83. The fourth-order valence-electron chi connectivity index (χ4n) is 1.71. The highest BCUT2D eigenvalue weighted by atomic mass is 32.2. The lowest BCUT2D eigenvalue weighted by molar-refractivity contribution is 0.196. The lowest BCUT2D eigenvalue weighted by atomic mass is 10.1. The van der Waals surface area contributed by atoms with Gasteiger partial charge in [-0.05, 0) is 36.8 Å². The maximum Gasteiger partial charge on any atom is 0.140 e. The first kappa shape index (κ1) is 14.5. The smallest absolute Gasteiger partial charge is 0.140 e. The van der Waals surface area contributed by atoms with Crippen LogP contribution in [0, 0.1) is 23.0 Å². The average molecular weight is 291 g/mol. The number of nitriles is 1. The van der Waals surface area contributed by atoms with Gasteiger partial charge in [-0.3, -0.25) is 0 Å². The Morgan fingerprint density at radius 1 is 1.15 bits per heavy atom. The van der Waals surface area contributed by atoms with Crippen LogP contribution in [-0.4, -0.2) is 5.11 Å². The molecule has 2 aromatic carbocycles. The summed E-state index contributed by atoms with van der Waals surface area (Å²) in [6, 6.07) is 10.1. The topological polar surface area (TPSA) is 44.0 Å². The Morgan fingerprint density at radius 2 is 1.90 bits per heavy atom. The second kappa shape index (κ2) is 6.04. The van der Waals surface area contributed by atoms with E-state index in [4.69, 9.17) is 5.26 Å². The predicted octanol–water partition coefficient (Wildman–Crippen LogP) is 4.04. The Bertz CT molecular complexity index is 680. The minimum atomic E-state index is -0.742. The zero-order valence-electron chi connectivity index (χ0n) is 10.6. The normalized spacial score (nSPS) is 11.9. The summed E-state index contributed by atoms with van der Waals surface area (Å²) in [6.07, 6.45) is -0.742. The van der Waals surface area contributed by atoms with Crippen LogP contribution in [0.4, 0.5) is 8.78 Å². The number of nitrogens with zero attached hydrogens (tertiary/aromatic N) is 1. The van der Waals surface area contributed by atoms with Gasteiger partial charge >= 0.3 is 0 Å². The highest BCUT2D eigenvalue weighted by Gasteiger charge is 2.13. The van der Waals surface area contributed by atoms with Crippen molar-refractivity contribution in [2.75, 3.05) is 0 Å². The van der Waals surface area contributed by atoms with Gasteiger partial charge in [0.15, 0.2) is 0 Å². The number of hydrogen-bond donors (Lipinski definition) is 1. The van der Waals surface area contributed by atoms with Crippen molar-refractivity contribution in [3.8, 4) is 6.07 Å². The number of benzene rings is 2. The van der Waals surface area contributed by atoms with Crippen molar-refractivity contribution in [2.45, 2.75) is 22.8 Å². The Kier molecular flexibility index (Phi) is 4.38. The minimum absolute atomic E-state index is 0.239. The lowest BCUT2D eigenvalue weighted by Crippen LogP contribution is -1.95. The summed E-state index contributed by atoms with van der Waals surface area (Å²) in [4.78, 5) is 0.813. The third kappa shape index (κ3) is 3.16. The van der Waals surface area contributed by atoms with Crippen LogP contribution in [0.25, 0.3) is 0 Å². The molecule has 0 aliphatic carbocycles. The van der Waals surface area contributed by atoms with E-state index in [1.807, 2.05) is 6.07 Å². The number of aliphatic hydroxyl groups excluding tert-OH is 1. The molecule has 0 fully saturated rings. The van der Waals surface area contributed by atoms with E-state index in [-0.39, 0.29) is 4.90 Å². The molecule has 1 atom stereocenters. The largest absolute Gasteiger partial charge is 0.389 e. The molecule has 0 amide bonds. The highest BCUT2D eigenvalue weighted by molar-refractivity contribution is 7.99. The Hall–Kier alpha value is -1.90. The summed E-state index contributed by atoms with van der Waals surface area (Å²) in [6.45, 7) is 1.59. The molecule has 20 heavy (non-hydrogen) atoms. The molecule has 0 bridgehead atoms. The van der Waals surface area contributed by atoms with E-state index in [1.165, 1.54) is 12.1 Å². The standard InChI is InChI=1S/C15H11F2NOS/c1-9(19)12-4-2-10(8-18)6-15(12)20-14-5-3-11(16)7-13(14)17/h2-7,9,19H,1H3/t9-/m1/s1. The van der Waals surface area contributed by atoms with Crippen LogP contribution in [0.15, 0.2) is 46.2 Å². The van der Waals surface area contributed by atoms with Crippen LogP contribution in [-0.2, 0) is 0 Å². The first-order chi connectivity index (χ1) is 9.51. The van der Waals surface area contributed by atoms with Crippen molar-refractivity contribution in [3.63, 3.8) is 0 Å². The molecule has 2 nitrogen and oxygen atoms in total. The number of hydrogen-bond acceptors (Lipinski definition) is 3. The van der Waals surface area contributed by atoms with E-state index < -0.39 is 17.7 Å². The molecule has 0 radical (unpaired) electrons. The molecule has 0 unspecified atom stereocenters. The Labute approximate surface area is 119 Å². The second-order valence-electron chi connectivity index (χ2n) is 4.22. The minimum Gasteiger partial charge on any atom is -0.389 e. The quantitative estimate of drug-likeness (QED) is 0.928. The number of aliphatic hydroxyl groups is 1. The van der Waals surface area contributed by atoms with Gasteiger partial charge in [-0.25, -0.2) is 8.78 Å². The van der Waals surface area contributed by atoms with Gasteiger partial charge in [-0.15, -0.1) is 0 Å². The van der Waals surface area contributed by atoms with Gasteiger partial charge in [0, 0.05) is 15.9 Å². The van der Waals surface area contributed by atoms with Crippen LogP contribution in [0.5, 0.6) is 0 Å². The van der Waals surface area contributed by atoms with Gasteiger partial charge < -0.3 is 5.11 Å². The Balaban J connectivity index is 2.43. The van der Waals surface area contributed by atoms with E-state index in [2.05, 4.69) is 0 Å². The fourth-order valence-corrected chi connectivity index (χ4v) is 2.79. The van der Waals surface area contributed by atoms with E-state index in [0.717, 1.165) is 17.8 Å². The molecule has 0 spiro atoms. The molecule has 1 N–H and O–H groups in total. The van der Waals surface area contributed by atoms with E-state index in [1.54, 1.807) is 25.1 Å². The second-order valence-corrected chi connectivity index (χ2v) is 5.30.